The van der Waals surface area contributed by atoms with Crippen molar-refractivity contribution in [3.05, 3.63) is 29.8 Å². The van der Waals surface area contributed by atoms with E-state index in [1.165, 1.54) is 0 Å². The minimum absolute atomic E-state index is 0.0997. The van der Waals surface area contributed by atoms with E-state index in [2.05, 4.69) is 16.0 Å². The second-order valence-corrected chi connectivity index (χ2v) is 4.32. The molecule has 3 N–H and O–H groups in total. The fourth-order valence-corrected chi connectivity index (χ4v) is 1.63. The molecule has 0 bridgehead atoms. The Hall–Kier alpha value is -1.88. The van der Waals surface area contributed by atoms with Crippen LogP contribution in [0.3, 0.4) is 0 Å². The lowest BCUT2D eigenvalue weighted by Crippen LogP contribution is -2.31. The van der Waals surface area contributed by atoms with Gasteiger partial charge in [0.2, 0.25) is 5.91 Å². The molecule has 0 spiro atoms. The standard InChI is InChI=1S/C14H21N3O2/c1-4-16-9-10(2)13(18)17-12-8-6-5-7-11(12)14(19)15-3/h5-8,10,16H,4,9H2,1-3H3,(H,15,19)(H,17,18). The van der Waals surface area contributed by atoms with Gasteiger partial charge in [-0.05, 0) is 18.7 Å². The Morgan fingerprint density at radius 3 is 2.58 bits per heavy atom. The summed E-state index contributed by atoms with van der Waals surface area (Å²) >= 11 is 0. The van der Waals surface area contributed by atoms with Crippen LogP contribution in [-0.2, 0) is 4.79 Å². The number of para-hydroxylation sites is 1. The number of hydrogen-bond donors (Lipinski definition) is 3. The Labute approximate surface area is 113 Å². The zero-order chi connectivity index (χ0) is 14.3. The minimum atomic E-state index is -0.213. The van der Waals surface area contributed by atoms with E-state index in [0.717, 1.165) is 6.54 Å². The quantitative estimate of drug-likeness (QED) is 0.723. The second kappa shape index (κ2) is 7.53. The molecule has 0 radical (unpaired) electrons. The van der Waals surface area contributed by atoms with Crippen LogP contribution < -0.4 is 16.0 Å². The molecule has 1 aromatic carbocycles. The van der Waals surface area contributed by atoms with Crippen LogP contribution in [0.4, 0.5) is 5.69 Å². The zero-order valence-electron chi connectivity index (χ0n) is 11.6. The largest absolute Gasteiger partial charge is 0.355 e. The zero-order valence-corrected chi connectivity index (χ0v) is 11.6. The summed E-state index contributed by atoms with van der Waals surface area (Å²) in [5, 5.41) is 8.47. The second-order valence-electron chi connectivity index (χ2n) is 4.32. The maximum absolute atomic E-state index is 12.0. The average molecular weight is 263 g/mol. The topological polar surface area (TPSA) is 70.2 Å². The van der Waals surface area contributed by atoms with E-state index in [-0.39, 0.29) is 17.7 Å². The molecule has 0 aliphatic carbocycles. The molecule has 5 nitrogen and oxygen atoms in total. The van der Waals surface area contributed by atoms with Gasteiger partial charge in [-0.25, -0.2) is 0 Å². The van der Waals surface area contributed by atoms with E-state index in [0.29, 0.717) is 17.8 Å². The SMILES string of the molecule is CCNCC(C)C(=O)Nc1ccccc1C(=O)NC. The lowest BCUT2D eigenvalue weighted by Gasteiger charge is -2.14. The maximum Gasteiger partial charge on any atom is 0.253 e. The highest BCUT2D eigenvalue weighted by atomic mass is 16.2. The van der Waals surface area contributed by atoms with Crippen molar-refractivity contribution in [3.63, 3.8) is 0 Å². The summed E-state index contributed by atoms with van der Waals surface area (Å²) in [6, 6.07) is 6.96. The van der Waals surface area contributed by atoms with Crippen molar-refractivity contribution in [1.29, 1.82) is 0 Å². The van der Waals surface area contributed by atoms with Crippen molar-refractivity contribution in [2.45, 2.75) is 13.8 Å². The van der Waals surface area contributed by atoms with Gasteiger partial charge in [-0.15, -0.1) is 0 Å². The Kier molecular flexibility index (Phi) is 6.02. The van der Waals surface area contributed by atoms with Gasteiger partial charge in [0.05, 0.1) is 11.3 Å². The summed E-state index contributed by atoms with van der Waals surface area (Å²) in [6.07, 6.45) is 0. The van der Waals surface area contributed by atoms with Crippen LogP contribution in [-0.4, -0.2) is 32.0 Å². The third-order valence-electron chi connectivity index (χ3n) is 2.80. The van der Waals surface area contributed by atoms with E-state index < -0.39 is 0 Å². The smallest absolute Gasteiger partial charge is 0.253 e. The van der Waals surface area contributed by atoms with E-state index in [1.807, 2.05) is 13.8 Å². The lowest BCUT2D eigenvalue weighted by atomic mass is 10.1. The molecule has 19 heavy (non-hydrogen) atoms. The molecule has 1 rings (SSSR count). The first kappa shape index (κ1) is 15.2. The number of rotatable bonds is 6. The fourth-order valence-electron chi connectivity index (χ4n) is 1.63. The highest BCUT2D eigenvalue weighted by molar-refractivity contribution is 6.04. The molecule has 1 atom stereocenters. The average Bonchev–Trinajstić information content (AvgIpc) is 2.44. The van der Waals surface area contributed by atoms with E-state index >= 15 is 0 Å². The van der Waals surface area contributed by atoms with Crippen LogP contribution >= 0.6 is 0 Å². The number of hydrogen-bond acceptors (Lipinski definition) is 3. The van der Waals surface area contributed by atoms with E-state index in [9.17, 15) is 9.59 Å². The van der Waals surface area contributed by atoms with E-state index in [4.69, 9.17) is 0 Å². The summed E-state index contributed by atoms with van der Waals surface area (Å²) in [6.45, 7) is 5.28. The Bertz CT molecular complexity index is 446. The number of amides is 2. The van der Waals surface area contributed by atoms with Crippen molar-refractivity contribution in [1.82, 2.24) is 10.6 Å². The summed E-state index contributed by atoms with van der Waals surface area (Å²) in [7, 11) is 1.56. The van der Waals surface area contributed by atoms with Gasteiger partial charge in [0.25, 0.3) is 5.91 Å². The first-order valence-corrected chi connectivity index (χ1v) is 6.42. The molecular formula is C14H21N3O2. The van der Waals surface area contributed by atoms with Gasteiger partial charge in [0.15, 0.2) is 0 Å². The van der Waals surface area contributed by atoms with Crippen LogP contribution in [0.2, 0.25) is 0 Å². The highest BCUT2D eigenvalue weighted by Gasteiger charge is 2.15. The van der Waals surface area contributed by atoms with Crippen LogP contribution in [0, 0.1) is 5.92 Å². The molecular weight excluding hydrogens is 242 g/mol. The van der Waals surface area contributed by atoms with Crippen molar-refractivity contribution in [2.75, 3.05) is 25.5 Å². The fraction of sp³-hybridized carbons (Fsp3) is 0.429. The van der Waals surface area contributed by atoms with Gasteiger partial charge in [-0.2, -0.15) is 0 Å². The first-order chi connectivity index (χ1) is 9.10. The van der Waals surface area contributed by atoms with E-state index in [1.54, 1.807) is 31.3 Å². The molecule has 104 valence electrons. The Morgan fingerprint density at radius 2 is 1.95 bits per heavy atom. The minimum Gasteiger partial charge on any atom is -0.355 e. The van der Waals surface area contributed by atoms with Gasteiger partial charge in [0, 0.05) is 19.5 Å². The third-order valence-corrected chi connectivity index (χ3v) is 2.80. The Morgan fingerprint density at radius 1 is 1.26 bits per heavy atom. The number of nitrogens with one attached hydrogen (secondary N) is 3. The monoisotopic (exact) mass is 263 g/mol. The molecule has 5 heteroatoms. The Balaban J connectivity index is 2.76. The molecule has 0 aliphatic heterocycles. The summed E-state index contributed by atoms with van der Waals surface area (Å²) < 4.78 is 0. The van der Waals surface area contributed by atoms with Crippen molar-refractivity contribution >= 4 is 17.5 Å². The first-order valence-electron chi connectivity index (χ1n) is 6.42. The van der Waals surface area contributed by atoms with Crippen LogP contribution in [0.1, 0.15) is 24.2 Å². The molecule has 0 aromatic heterocycles. The summed E-state index contributed by atoms with van der Waals surface area (Å²) in [5.41, 5.74) is 1.00. The lowest BCUT2D eigenvalue weighted by molar-refractivity contribution is -0.119. The van der Waals surface area contributed by atoms with Crippen LogP contribution in [0.5, 0.6) is 0 Å². The molecule has 0 heterocycles. The number of carbonyl (C=O) groups is 2. The number of anilines is 1. The van der Waals surface area contributed by atoms with Gasteiger partial charge in [-0.1, -0.05) is 26.0 Å². The van der Waals surface area contributed by atoms with Crippen molar-refractivity contribution < 1.29 is 9.59 Å². The maximum atomic E-state index is 12.0. The normalized spacial score (nSPS) is 11.7. The third kappa shape index (κ3) is 4.37. The molecule has 0 fully saturated rings. The predicted molar refractivity (Wildman–Crippen MR) is 76.2 cm³/mol. The number of carbonyl (C=O) groups excluding carboxylic acids is 2. The van der Waals surface area contributed by atoms with Crippen molar-refractivity contribution in [2.24, 2.45) is 5.92 Å². The predicted octanol–water partition coefficient (Wildman–Crippen LogP) is 1.23. The van der Waals surface area contributed by atoms with Gasteiger partial charge in [-0.3, -0.25) is 9.59 Å². The molecule has 1 unspecified atom stereocenters. The molecule has 0 aliphatic rings. The highest BCUT2D eigenvalue weighted by Crippen LogP contribution is 2.15. The molecule has 2 amide bonds. The summed E-state index contributed by atoms with van der Waals surface area (Å²) in [5.74, 6) is -0.467. The molecule has 0 saturated carbocycles. The van der Waals surface area contributed by atoms with Gasteiger partial charge in [0.1, 0.15) is 0 Å². The van der Waals surface area contributed by atoms with Crippen LogP contribution in [0.15, 0.2) is 24.3 Å². The molecule has 0 saturated heterocycles. The number of benzene rings is 1. The summed E-state index contributed by atoms with van der Waals surface area (Å²) in [4.78, 5) is 23.7. The van der Waals surface area contributed by atoms with Gasteiger partial charge < -0.3 is 16.0 Å². The molecule has 1 aromatic rings. The van der Waals surface area contributed by atoms with Crippen LogP contribution in [0.25, 0.3) is 0 Å². The van der Waals surface area contributed by atoms with Gasteiger partial charge >= 0.3 is 0 Å². The van der Waals surface area contributed by atoms with Crippen molar-refractivity contribution in [3.8, 4) is 0 Å².